The Balaban J connectivity index is 2.84. The van der Waals surface area contributed by atoms with E-state index in [1.807, 2.05) is 6.92 Å². The minimum absolute atomic E-state index is 0.0434. The van der Waals surface area contributed by atoms with E-state index in [-0.39, 0.29) is 24.4 Å². The Hall–Kier alpha value is -2.46. The van der Waals surface area contributed by atoms with Gasteiger partial charge in [0.05, 0.1) is 12.2 Å². The number of aliphatic hydroxyl groups is 1. The molecule has 2 rings (SSSR count). The zero-order valence-corrected chi connectivity index (χ0v) is 18.0. The number of aliphatic imine (C=N–C) groups is 1. The van der Waals surface area contributed by atoms with E-state index in [4.69, 9.17) is 5.11 Å². The summed E-state index contributed by atoms with van der Waals surface area (Å²) in [6.07, 6.45) is -2.09. The molecule has 0 bridgehead atoms. The number of amides is 1. The van der Waals surface area contributed by atoms with Crippen LogP contribution in [-0.4, -0.2) is 53.2 Å². The monoisotopic (exact) mass is 443 g/mol. The molecule has 6 nitrogen and oxygen atoms in total. The zero-order chi connectivity index (χ0) is 22.5. The van der Waals surface area contributed by atoms with Crippen molar-refractivity contribution in [1.29, 1.82) is 0 Å². The highest BCUT2D eigenvalue weighted by Crippen LogP contribution is 2.44. The largest absolute Gasteiger partial charge is 0.573 e. The van der Waals surface area contributed by atoms with Crippen molar-refractivity contribution in [3.8, 4) is 16.3 Å². The van der Waals surface area contributed by atoms with E-state index >= 15 is 0 Å². The number of aromatic nitrogens is 1. The molecule has 1 heterocycles. The highest BCUT2D eigenvalue weighted by molar-refractivity contribution is 7.13. The lowest BCUT2D eigenvalue weighted by atomic mass is 10.00. The van der Waals surface area contributed by atoms with E-state index in [0.29, 0.717) is 28.3 Å². The second-order valence-corrected chi connectivity index (χ2v) is 7.60. The number of carbonyl (C=O) groups excluding carboxylic acids is 1. The van der Waals surface area contributed by atoms with Gasteiger partial charge in [0.15, 0.2) is 5.75 Å². The lowest BCUT2D eigenvalue weighted by molar-refractivity contribution is -0.274. The number of thiazole rings is 1. The Labute approximate surface area is 177 Å². The molecule has 0 radical (unpaired) electrons. The molecule has 0 atom stereocenters. The molecule has 1 aromatic carbocycles. The fourth-order valence-electron chi connectivity index (χ4n) is 2.90. The Morgan fingerprint density at radius 2 is 2.10 bits per heavy atom. The van der Waals surface area contributed by atoms with Gasteiger partial charge in [-0.15, -0.1) is 24.5 Å². The van der Waals surface area contributed by atoms with Gasteiger partial charge in [0.25, 0.3) is 5.91 Å². The summed E-state index contributed by atoms with van der Waals surface area (Å²) in [6, 6.07) is 1.35. The third-order valence-corrected chi connectivity index (χ3v) is 5.12. The smallest absolute Gasteiger partial charge is 0.403 e. The van der Waals surface area contributed by atoms with Crippen molar-refractivity contribution in [3.63, 3.8) is 0 Å². The van der Waals surface area contributed by atoms with Crippen LogP contribution in [0.2, 0.25) is 0 Å². The van der Waals surface area contributed by atoms with Crippen LogP contribution in [0.3, 0.4) is 0 Å². The number of hydrogen-bond donors (Lipinski definition) is 1. The molecule has 10 heteroatoms. The van der Waals surface area contributed by atoms with Gasteiger partial charge < -0.3 is 14.7 Å². The number of alkyl halides is 3. The van der Waals surface area contributed by atoms with Crippen LogP contribution in [0.15, 0.2) is 22.6 Å². The molecule has 30 heavy (non-hydrogen) atoms. The number of likely N-dealkylation sites (N-methyl/N-ethyl adjacent to an activating group) is 1. The summed E-state index contributed by atoms with van der Waals surface area (Å²) >= 11 is 1.30. The lowest BCUT2D eigenvalue weighted by Crippen LogP contribution is -2.30. The number of aliphatic hydroxyl groups excluding tert-OH is 1. The van der Waals surface area contributed by atoms with Gasteiger partial charge in [-0.25, -0.2) is 4.98 Å². The molecular weight excluding hydrogens is 419 g/mol. The molecule has 0 aliphatic rings. The minimum Gasteiger partial charge on any atom is -0.403 e. The Morgan fingerprint density at radius 3 is 2.63 bits per heavy atom. The maximum Gasteiger partial charge on any atom is 0.573 e. The van der Waals surface area contributed by atoms with Crippen molar-refractivity contribution in [2.45, 2.75) is 40.0 Å². The molecular formula is C20H24F3N3O3S. The number of nitrogens with zero attached hydrogens (tertiary/aromatic N) is 3. The van der Waals surface area contributed by atoms with E-state index in [0.717, 1.165) is 11.3 Å². The summed E-state index contributed by atoms with van der Waals surface area (Å²) in [5, 5.41) is 11.4. The third kappa shape index (κ3) is 5.79. The molecule has 0 spiro atoms. The van der Waals surface area contributed by atoms with Crippen molar-refractivity contribution in [3.05, 3.63) is 28.8 Å². The van der Waals surface area contributed by atoms with Crippen LogP contribution < -0.4 is 4.74 Å². The van der Waals surface area contributed by atoms with Crippen LogP contribution in [0.25, 0.3) is 10.6 Å². The SMILES string of the molecule is CCC/C(C)=N\c1c(C)c(-c2nccs2)cc(C(=O)N(C)CCO)c1OC(F)(F)F. The fraction of sp³-hybridized carbons (Fsp3) is 0.450. The van der Waals surface area contributed by atoms with Gasteiger partial charge in [0.2, 0.25) is 0 Å². The van der Waals surface area contributed by atoms with Crippen LogP contribution >= 0.6 is 11.3 Å². The number of benzene rings is 1. The Kier molecular flexibility index (Phi) is 7.96. The maximum atomic E-state index is 13.3. The predicted molar refractivity (Wildman–Crippen MR) is 111 cm³/mol. The van der Waals surface area contributed by atoms with Crippen LogP contribution in [0.4, 0.5) is 18.9 Å². The van der Waals surface area contributed by atoms with Crippen molar-refractivity contribution in [1.82, 2.24) is 9.88 Å². The van der Waals surface area contributed by atoms with Gasteiger partial charge in [0.1, 0.15) is 10.7 Å². The molecule has 0 aliphatic heterocycles. The lowest BCUT2D eigenvalue weighted by Gasteiger charge is -2.22. The first-order valence-electron chi connectivity index (χ1n) is 9.32. The molecule has 0 fully saturated rings. The number of carbonyl (C=O) groups is 1. The second kappa shape index (κ2) is 10.0. The molecule has 0 saturated carbocycles. The summed E-state index contributed by atoms with van der Waals surface area (Å²) in [5.74, 6) is -1.36. The van der Waals surface area contributed by atoms with Crippen LogP contribution in [0, 0.1) is 6.92 Å². The van der Waals surface area contributed by atoms with E-state index in [9.17, 15) is 18.0 Å². The summed E-state index contributed by atoms with van der Waals surface area (Å²) in [4.78, 5) is 22.7. The number of ether oxygens (including phenoxy) is 1. The molecule has 0 aliphatic carbocycles. The Bertz CT molecular complexity index is 912. The average molecular weight is 443 g/mol. The van der Waals surface area contributed by atoms with Gasteiger partial charge in [-0.3, -0.25) is 9.79 Å². The van der Waals surface area contributed by atoms with Gasteiger partial charge >= 0.3 is 6.36 Å². The highest BCUT2D eigenvalue weighted by atomic mass is 32.1. The zero-order valence-electron chi connectivity index (χ0n) is 17.2. The summed E-state index contributed by atoms with van der Waals surface area (Å²) < 4.78 is 44.1. The molecule has 2 aromatic rings. The minimum atomic E-state index is -5.01. The van der Waals surface area contributed by atoms with Gasteiger partial charge in [-0.2, -0.15) is 0 Å². The van der Waals surface area contributed by atoms with Crippen molar-refractivity contribution < 1.29 is 27.8 Å². The van der Waals surface area contributed by atoms with Crippen LogP contribution in [0.1, 0.15) is 42.6 Å². The average Bonchev–Trinajstić information content (AvgIpc) is 3.18. The van der Waals surface area contributed by atoms with Gasteiger partial charge in [-0.05, 0) is 31.9 Å². The standard InChI is InChI=1S/C20H24F3N3O3S/c1-5-6-12(2)25-16-13(3)14(18-24-7-10-30-18)11-15(17(16)29-20(21,22)23)19(28)26(4)8-9-27/h7,10-11,27H,5-6,8-9H2,1-4H3/b25-12-. The van der Waals surface area contributed by atoms with Gasteiger partial charge in [-0.1, -0.05) is 13.3 Å². The van der Waals surface area contributed by atoms with E-state index in [1.165, 1.54) is 24.5 Å². The molecule has 1 amide bonds. The molecule has 164 valence electrons. The summed E-state index contributed by atoms with van der Waals surface area (Å²) in [7, 11) is 1.39. The number of halogens is 3. The van der Waals surface area contributed by atoms with Crippen LogP contribution in [0.5, 0.6) is 5.75 Å². The van der Waals surface area contributed by atoms with E-state index in [2.05, 4.69) is 14.7 Å². The van der Waals surface area contributed by atoms with Crippen molar-refractivity contribution >= 4 is 28.6 Å². The number of hydrogen-bond acceptors (Lipinski definition) is 6. The van der Waals surface area contributed by atoms with Gasteiger partial charge in [0, 0.05) is 36.4 Å². The first-order chi connectivity index (χ1) is 14.1. The quantitative estimate of drug-likeness (QED) is 0.585. The first-order valence-corrected chi connectivity index (χ1v) is 10.2. The second-order valence-electron chi connectivity index (χ2n) is 6.71. The molecule has 0 saturated heterocycles. The maximum absolute atomic E-state index is 13.3. The predicted octanol–water partition coefficient (Wildman–Crippen LogP) is 4.97. The summed E-state index contributed by atoms with van der Waals surface area (Å²) in [5.41, 5.74) is 1.21. The van der Waals surface area contributed by atoms with E-state index in [1.54, 1.807) is 25.4 Å². The van der Waals surface area contributed by atoms with E-state index < -0.39 is 18.0 Å². The molecule has 0 unspecified atom stereocenters. The molecule has 1 N–H and O–H groups in total. The highest BCUT2D eigenvalue weighted by Gasteiger charge is 2.36. The normalized spacial score (nSPS) is 12.2. The Morgan fingerprint density at radius 1 is 1.40 bits per heavy atom. The topological polar surface area (TPSA) is 75.0 Å². The van der Waals surface area contributed by atoms with Crippen molar-refractivity contribution in [2.75, 3.05) is 20.2 Å². The van der Waals surface area contributed by atoms with Crippen LogP contribution in [-0.2, 0) is 0 Å². The molecule has 1 aromatic heterocycles. The summed E-state index contributed by atoms with van der Waals surface area (Å²) in [6.45, 7) is 4.91. The fourth-order valence-corrected chi connectivity index (χ4v) is 3.61. The third-order valence-electron chi connectivity index (χ3n) is 4.32. The first kappa shape index (κ1) is 23.8. The number of rotatable bonds is 8. The van der Waals surface area contributed by atoms with Crippen molar-refractivity contribution in [2.24, 2.45) is 4.99 Å².